The van der Waals surface area contributed by atoms with Gasteiger partial charge in [0.05, 0.1) is 10.2 Å². The number of aromatic nitrogens is 1. The minimum absolute atomic E-state index is 0.434. The van der Waals surface area contributed by atoms with Crippen LogP contribution in [0.25, 0.3) is 10.2 Å². The highest BCUT2D eigenvalue weighted by Gasteiger charge is 2.71. The van der Waals surface area contributed by atoms with Gasteiger partial charge >= 0.3 is 0 Å². The quantitative estimate of drug-likeness (QED) is 0.743. The van der Waals surface area contributed by atoms with Crippen LogP contribution in [0, 0.1) is 0 Å². The van der Waals surface area contributed by atoms with Gasteiger partial charge in [0.15, 0.2) is 5.60 Å². The van der Waals surface area contributed by atoms with E-state index in [1.807, 2.05) is 62.4 Å². The van der Waals surface area contributed by atoms with Crippen molar-refractivity contribution in [2.75, 3.05) is 0 Å². The summed E-state index contributed by atoms with van der Waals surface area (Å²) in [5, 5.41) is 11.8. The molecule has 1 aromatic heterocycles. The molecular weight excluding hydrogens is 294 g/mol. The van der Waals surface area contributed by atoms with E-state index in [1.165, 1.54) is 0 Å². The van der Waals surface area contributed by atoms with Crippen molar-refractivity contribution in [3.05, 3.63) is 65.2 Å². The van der Waals surface area contributed by atoms with E-state index >= 15 is 0 Å². The number of ether oxygens (including phenoxy) is 1. The molecule has 22 heavy (non-hydrogen) atoms. The number of benzene rings is 2. The molecule has 0 saturated carbocycles. The summed E-state index contributed by atoms with van der Waals surface area (Å²) in [6, 6.07) is 17.7. The average molecular weight is 311 g/mol. The molecule has 3 aromatic rings. The molecule has 3 nitrogen and oxygen atoms in total. The maximum atomic E-state index is 11.0. The number of thiazole rings is 1. The second kappa shape index (κ2) is 4.62. The van der Waals surface area contributed by atoms with Gasteiger partial charge in [-0.3, -0.25) is 0 Å². The first-order valence-corrected chi connectivity index (χ1v) is 8.15. The van der Waals surface area contributed by atoms with Gasteiger partial charge in [-0.15, -0.1) is 11.3 Å². The zero-order chi connectivity index (χ0) is 15.4. The van der Waals surface area contributed by atoms with Crippen molar-refractivity contribution >= 4 is 21.6 Å². The van der Waals surface area contributed by atoms with Gasteiger partial charge < -0.3 is 9.84 Å². The molecule has 4 rings (SSSR count). The summed E-state index contributed by atoms with van der Waals surface area (Å²) in [5.41, 5.74) is 0.606. The smallest absolute Gasteiger partial charge is 0.178 e. The van der Waals surface area contributed by atoms with Crippen molar-refractivity contribution in [3.8, 4) is 0 Å². The summed E-state index contributed by atoms with van der Waals surface area (Å²) in [4.78, 5) is 4.72. The van der Waals surface area contributed by atoms with Gasteiger partial charge in [0.25, 0.3) is 0 Å². The highest BCUT2D eigenvalue weighted by molar-refractivity contribution is 7.18. The number of para-hydroxylation sites is 1. The molecule has 0 radical (unpaired) electrons. The van der Waals surface area contributed by atoms with Gasteiger partial charge in [0.1, 0.15) is 16.7 Å². The molecular formula is C18H17NO2S. The summed E-state index contributed by atoms with van der Waals surface area (Å²) in [6.07, 6.45) is -0.732. The maximum absolute atomic E-state index is 11.0. The molecule has 1 unspecified atom stereocenters. The van der Waals surface area contributed by atoms with E-state index < -0.39 is 17.3 Å². The fourth-order valence-corrected chi connectivity index (χ4v) is 4.35. The number of rotatable bonds is 3. The largest absolute Gasteiger partial charge is 0.385 e. The molecule has 2 atom stereocenters. The number of nitrogens with zero attached hydrogens (tertiary/aromatic N) is 1. The maximum Gasteiger partial charge on any atom is 0.178 e. The van der Waals surface area contributed by atoms with Crippen LogP contribution in [0.15, 0.2) is 54.6 Å². The highest BCUT2D eigenvalue weighted by Crippen LogP contribution is 2.63. The Hall–Kier alpha value is -1.75. The monoisotopic (exact) mass is 311 g/mol. The van der Waals surface area contributed by atoms with Crippen LogP contribution in [0.3, 0.4) is 0 Å². The normalized spacial score (nSPS) is 24.3. The summed E-state index contributed by atoms with van der Waals surface area (Å²) < 4.78 is 7.14. The number of aliphatic hydroxyl groups is 1. The lowest BCUT2D eigenvalue weighted by Gasteiger charge is -2.20. The molecule has 1 aliphatic heterocycles. The lowest BCUT2D eigenvalue weighted by atomic mass is 9.87. The Balaban J connectivity index is 1.84. The van der Waals surface area contributed by atoms with Crippen molar-refractivity contribution in [1.82, 2.24) is 4.98 Å². The molecule has 0 amide bonds. The SMILES string of the molecule is CC1(C)O[C@]1(c1nc2ccccc2s1)C(O)c1ccccc1. The fourth-order valence-electron chi connectivity index (χ4n) is 3.08. The van der Waals surface area contributed by atoms with Crippen LogP contribution in [-0.2, 0) is 10.3 Å². The minimum atomic E-state index is -0.766. The second-order valence-corrected chi connectivity index (χ2v) is 7.18. The van der Waals surface area contributed by atoms with E-state index in [9.17, 15) is 5.11 Å². The second-order valence-electron chi connectivity index (χ2n) is 6.15. The topological polar surface area (TPSA) is 45.7 Å². The minimum Gasteiger partial charge on any atom is -0.385 e. The summed E-state index contributed by atoms with van der Waals surface area (Å²) in [6.45, 7) is 4.01. The van der Waals surface area contributed by atoms with Crippen LogP contribution in [0.4, 0.5) is 0 Å². The van der Waals surface area contributed by atoms with Crippen molar-refractivity contribution in [3.63, 3.8) is 0 Å². The lowest BCUT2D eigenvalue weighted by Crippen LogP contribution is -2.26. The lowest BCUT2D eigenvalue weighted by molar-refractivity contribution is 0.0729. The van der Waals surface area contributed by atoms with E-state index in [0.717, 1.165) is 20.8 Å². The molecule has 0 aliphatic carbocycles. The molecule has 2 aromatic carbocycles. The average Bonchev–Trinajstić information content (AvgIpc) is 2.92. The molecule has 1 N–H and O–H groups in total. The zero-order valence-electron chi connectivity index (χ0n) is 12.5. The zero-order valence-corrected chi connectivity index (χ0v) is 13.3. The van der Waals surface area contributed by atoms with Crippen LogP contribution in [0.2, 0.25) is 0 Å². The number of hydrogen-bond acceptors (Lipinski definition) is 4. The molecule has 1 fully saturated rings. The Labute approximate surface area is 133 Å². The van der Waals surface area contributed by atoms with Gasteiger partial charge in [0, 0.05) is 0 Å². The predicted molar refractivity (Wildman–Crippen MR) is 87.9 cm³/mol. The fraction of sp³-hybridized carbons (Fsp3) is 0.278. The van der Waals surface area contributed by atoms with Crippen LogP contribution < -0.4 is 0 Å². The van der Waals surface area contributed by atoms with Crippen LogP contribution in [0.5, 0.6) is 0 Å². The third kappa shape index (κ3) is 1.85. The molecule has 4 heteroatoms. The third-order valence-electron chi connectivity index (χ3n) is 4.38. The number of hydrogen-bond donors (Lipinski definition) is 1. The Kier molecular flexibility index (Phi) is 2.92. The van der Waals surface area contributed by atoms with E-state index in [1.54, 1.807) is 11.3 Å². The molecule has 1 aliphatic rings. The first kappa shape index (κ1) is 13.9. The summed E-state index contributed by atoms with van der Waals surface area (Å²) in [7, 11) is 0. The van der Waals surface area contributed by atoms with Crippen molar-refractivity contribution in [2.24, 2.45) is 0 Å². The summed E-state index contributed by atoms with van der Waals surface area (Å²) in [5.74, 6) is 0. The first-order valence-electron chi connectivity index (χ1n) is 7.34. The predicted octanol–water partition coefficient (Wildman–Crippen LogP) is 4.03. The summed E-state index contributed by atoms with van der Waals surface area (Å²) >= 11 is 1.60. The molecule has 2 heterocycles. The Morgan fingerprint density at radius 2 is 1.68 bits per heavy atom. The number of aliphatic hydroxyl groups excluding tert-OH is 1. The third-order valence-corrected chi connectivity index (χ3v) is 5.53. The van der Waals surface area contributed by atoms with Gasteiger partial charge in [-0.25, -0.2) is 4.98 Å². The first-order chi connectivity index (χ1) is 10.5. The molecule has 112 valence electrons. The Bertz CT molecular complexity index is 794. The molecule has 1 saturated heterocycles. The highest BCUT2D eigenvalue weighted by atomic mass is 32.1. The van der Waals surface area contributed by atoms with Gasteiger partial charge in [-0.1, -0.05) is 42.5 Å². The van der Waals surface area contributed by atoms with Crippen molar-refractivity contribution < 1.29 is 9.84 Å². The van der Waals surface area contributed by atoms with E-state index in [4.69, 9.17) is 9.72 Å². The Morgan fingerprint density at radius 3 is 2.32 bits per heavy atom. The number of fused-ring (bicyclic) bond motifs is 1. The van der Waals surface area contributed by atoms with E-state index in [0.29, 0.717) is 0 Å². The van der Waals surface area contributed by atoms with E-state index in [2.05, 4.69) is 6.07 Å². The van der Waals surface area contributed by atoms with Crippen LogP contribution >= 0.6 is 11.3 Å². The standard InChI is InChI=1S/C18H17NO2S/c1-17(2)18(21-17,15(20)12-8-4-3-5-9-12)16-19-13-10-6-7-11-14(13)22-16/h3-11,15,20H,1-2H3/t15?,18-/m0/s1. The van der Waals surface area contributed by atoms with Gasteiger partial charge in [0.2, 0.25) is 0 Å². The Morgan fingerprint density at radius 1 is 1.05 bits per heavy atom. The van der Waals surface area contributed by atoms with Crippen molar-refractivity contribution in [1.29, 1.82) is 0 Å². The van der Waals surface area contributed by atoms with Crippen molar-refractivity contribution in [2.45, 2.75) is 31.2 Å². The molecule has 0 spiro atoms. The van der Waals surface area contributed by atoms with Gasteiger partial charge in [-0.05, 0) is 31.5 Å². The number of epoxide rings is 1. The van der Waals surface area contributed by atoms with Crippen LogP contribution in [-0.4, -0.2) is 15.7 Å². The molecule has 0 bridgehead atoms. The van der Waals surface area contributed by atoms with Gasteiger partial charge in [-0.2, -0.15) is 0 Å². The van der Waals surface area contributed by atoms with E-state index in [-0.39, 0.29) is 0 Å². The van der Waals surface area contributed by atoms with Crippen LogP contribution in [0.1, 0.15) is 30.5 Å².